The van der Waals surface area contributed by atoms with E-state index in [0.717, 1.165) is 36.9 Å². The first-order chi connectivity index (χ1) is 9.00. The molecule has 0 aliphatic heterocycles. The molecule has 1 aromatic rings. The van der Waals surface area contributed by atoms with E-state index in [0.29, 0.717) is 5.02 Å². The summed E-state index contributed by atoms with van der Waals surface area (Å²) in [5.74, 6) is 0. The molecule has 1 fully saturated rings. The number of halogens is 1. The standard InChI is InChI=1S/C15H22ClNO2/c1-10(18)11-7-8-13(12(16)9-11)17(2)14-5-3-4-6-15(14)19/h7-10,14-15,18-19H,3-6H2,1-2H3. The topological polar surface area (TPSA) is 43.7 Å². The van der Waals surface area contributed by atoms with Gasteiger partial charge in [0.05, 0.1) is 29.0 Å². The first kappa shape index (κ1) is 14.6. The minimum atomic E-state index is -0.517. The lowest BCUT2D eigenvalue weighted by Crippen LogP contribution is -2.43. The van der Waals surface area contributed by atoms with Crippen LogP contribution in [-0.2, 0) is 0 Å². The molecule has 2 N–H and O–H groups in total. The van der Waals surface area contributed by atoms with Crippen LogP contribution in [0.4, 0.5) is 5.69 Å². The maximum Gasteiger partial charge on any atom is 0.0762 e. The molecule has 0 spiro atoms. The second-order valence-corrected chi connectivity index (χ2v) is 5.82. The van der Waals surface area contributed by atoms with E-state index in [9.17, 15) is 10.2 Å². The quantitative estimate of drug-likeness (QED) is 0.896. The fraction of sp³-hybridized carbons (Fsp3) is 0.600. The molecule has 19 heavy (non-hydrogen) atoms. The monoisotopic (exact) mass is 283 g/mol. The molecule has 3 unspecified atom stereocenters. The van der Waals surface area contributed by atoms with E-state index in [1.807, 2.05) is 19.2 Å². The third-order valence-corrected chi connectivity index (χ3v) is 4.33. The molecular formula is C15H22ClNO2. The van der Waals surface area contributed by atoms with Crippen molar-refractivity contribution in [3.63, 3.8) is 0 Å². The van der Waals surface area contributed by atoms with E-state index in [1.54, 1.807) is 13.0 Å². The average Bonchev–Trinajstić information content (AvgIpc) is 2.38. The van der Waals surface area contributed by atoms with Crippen LogP contribution in [0.5, 0.6) is 0 Å². The van der Waals surface area contributed by atoms with Gasteiger partial charge < -0.3 is 15.1 Å². The summed E-state index contributed by atoms with van der Waals surface area (Å²) < 4.78 is 0. The fourth-order valence-electron chi connectivity index (χ4n) is 2.79. The second kappa shape index (κ2) is 6.12. The summed E-state index contributed by atoms with van der Waals surface area (Å²) in [6.45, 7) is 1.72. The van der Waals surface area contributed by atoms with Crippen LogP contribution >= 0.6 is 11.6 Å². The number of aliphatic hydroxyl groups excluding tert-OH is 2. The van der Waals surface area contributed by atoms with Gasteiger partial charge in [-0.1, -0.05) is 30.5 Å². The maximum absolute atomic E-state index is 10.1. The molecule has 2 rings (SSSR count). The van der Waals surface area contributed by atoms with E-state index < -0.39 is 6.10 Å². The molecule has 1 aliphatic carbocycles. The van der Waals surface area contributed by atoms with E-state index in [-0.39, 0.29) is 12.1 Å². The van der Waals surface area contributed by atoms with Crippen LogP contribution in [0.3, 0.4) is 0 Å². The van der Waals surface area contributed by atoms with Crippen molar-refractivity contribution in [3.8, 4) is 0 Å². The second-order valence-electron chi connectivity index (χ2n) is 5.42. The van der Waals surface area contributed by atoms with Gasteiger partial charge in [-0.05, 0) is 37.5 Å². The zero-order valence-corrected chi connectivity index (χ0v) is 12.3. The predicted octanol–water partition coefficient (Wildman–Crippen LogP) is 3.13. The number of aliphatic hydroxyl groups is 2. The third-order valence-electron chi connectivity index (χ3n) is 4.03. The van der Waals surface area contributed by atoms with Gasteiger partial charge in [0.2, 0.25) is 0 Å². The summed E-state index contributed by atoms with van der Waals surface area (Å²) in [4.78, 5) is 2.07. The van der Waals surface area contributed by atoms with Crippen molar-refractivity contribution in [2.24, 2.45) is 0 Å². The van der Waals surface area contributed by atoms with Crippen molar-refractivity contribution in [2.75, 3.05) is 11.9 Å². The molecule has 0 aromatic heterocycles. The van der Waals surface area contributed by atoms with Crippen LogP contribution in [0.15, 0.2) is 18.2 Å². The van der Waals surface area contributed by atoms with E-state index >= 15 is 0 Å². The van der Waals surface area contributed by atoms with Gasteiger partial charge in [0.25, 0.3) is 0 Å². The number of nitrogens with zero attached hydrogens (tertiary/aromatic N) is 1. The van der Waals surface area contributed by atoms with Crippen LogP contribution in [0.2, 0.25) is 5.02 Å². The van der Waals surface area contributed by atoms with Crippen LogP contribution in [0.1, 0.15) is 44.3 Å². The highest BCUT2D eigenvalue weighted by Gasteiger charge is 2.27. The molecule has 0 bridgehead atoms. The lowest BCUT2D eigenvalue weighted by Gasteiger charge is -2.37. The average molecular weight is 284 g/mol. The van der Waals surface area contributed by atoms with Gasteiger partial charge >= 0.3 is 0 Å². The number of rotatable bonds is 3. The Morgan fingerprint density at radius 1 is 1.32 bits per heavy atom. The Bertz CT molecular complexity index is 436. The van der Waals surface area contributed by atoms with Gasteiger partial charge in [0.1, 0.15) is 0 Å². The Kier molecular flexibility index (Phi) is 4.71. The van der Waals surface area contributed by atoms with Crippen LogP contribution < -0.4 is 4.90 Å². The van der Waals surface area contributed by atoms with Gasteiger partial charge in [-0.15, -0.1) is 0 Å². The van der Waals surface area contributed by atoms with Crippen molar-refractivity contribution in [2.45, 2.75) is 50.9 Å². The van der Waals surface area contributed by atoms with Gasteiger partial charge in [0, 0.05) is 7.05 Å². The molecule has 3 nitrogen and oxygen atoms in total. The zero-order valence-electron chi connectivity index (χ0n) is 11.5. The third kappa shape index (κ3) is 3.22. The van der Waals surface area contributed by atoms with Gasteiger partial charge in [0.15, 0.2) is 0 Å². The Balaban J connectivity index is 2.21. The predicted molar refractivity (Wildman–Crippen MR) is 78.8 cm³/mol. The molecule has 0 radical (unpaired) electrons. The Hall–Kier alpha value is -0.770. The molecule has 1 saturated carbocycles. The molecule has 1 aromatic carbocycles. The summed E-state index contributed by atoms with van der Waals surface area (Å²) in [6, 6.07) is 5.74. The van der Waals surface area contributed by atoms with Crippen molar-refractivity contribution < 1.29 is 10.2 Å². The summed E-state index contributed by atoms with van der Waals surface area (Å²) >= 11 is 6.30. The van der Waals surface area contributed by atoms with Crippen molar-refractivity contribution in [3.05, 3.63) is 28.8 Å². The number of likely N-dealkylation sites (N-methyl/N-ethyl adjacent to an activating group) is 1. The van der Waals surface area contributed by atoms with E-state index in [1.165, 1.54) is 0 Å². The highest BCUT2D eigenvalue weighted by Crippen LogP contribution is 2.33. The van der Waals surface area contributed by atoms with E-state index in [4.69, 9.17) is 11.6 Å². The Morgan fingerprint density at radius 3 is 2.58 bits per heavy atom. The lowest BCUT2D eigenvalue weighted by atomic mass is 9.91. The van der Waals surface area contributed by atoms with Gasteiger partial charge in [-0.25, -0.2) is 0 Å². The number of benzene rings is 1. The summed E-state index contributed by atoms with van der Waals surface area (Å²) in [7, 11) is 1.97. The smallest absolute Gasteiger partial charge is 0.0762 e. The highest BCUT2D eigenvalue weighted by atomic mass is 35.5. The molecular weight excluding hydrogens is 262 g/mol. The summed E-state index contributed by atoms with van der Waals surface area (Å²) in [5, 5.41) is 20.3. The van der Waals surface area contributed by atoms with Crippen molar-refractivity contribution >= 4 is 17.3 Å². The minimum absolute atomic E-state index is 0.128. The largest absolute Gasteiger partial charge is 0.391 e. The first-order valence-electron chi connectivity index (χ1n) is 6.89. The molecule has 3 atom stereocenters. The Labute approximate surface area is 119 Å². The van der Waals surface area contributed by atoms with Crippen LogP contribution in [-0.4, -0.2) is 29.4 Å². The SMILES string of the molecule is CC(O)c1ccc(N(C)C2CCCCC2O)c(Cl)c1. The molecule has 0 heterocycles. The van der Waals surface area contributed by atoms with E-state index in [2.05, 4.69) is 4.90 Å². The molecule has 1 aliphatic rings. The molecule has 0 saturated heterocycles. The van der Waals surface area contributed by atoms with Gasteiger partial charge in [-0.2, -0.15) is 0 Å². The highest BCUT2D eigenvalue weighted by molar-refractivity contribution is 6.33. The normalized spacial score (nSPS) is 25.1. The number of hydrogen-bond acceptors (Lipinski definition) is 3. The lowest BCUT2D eigenvalue weighted by molar-refractivity contribution is 0.106. The summed E-state index contributed by atoms with van der Waals surface area (Å²) in [5.41, 5.74) is 1.73. The molecule has 0 amide bonds. The van der Waals surface area contributed by atoms with Crippen molar-refractivity contribution in [1.82, 2.24) is 0 Å². The maximum atomic E-state index is 10.1. The number of anilines is 1. The number of hydrogen-bond donors (Lipinski definition) is 2. The van der Waals surface area contributed by atoms with Crippen LogP contribution in [0, 0.1) is 0 Å². The molecule has 4 heteroatoms. The fourth-order valence-corrected chi connectivity index (χ4v) is 3.11. The minimum Gasteiger partial charge on any atom is -0.391 e. The van der Waals surface area contributed by atoms with Crippen molar-refractivity contribution in [1.29, 1.82) is 0 Å². The van der Waals surface area contributed by atoms with Crippen LogP contribution in [0.25, 0.3) is 0 Å². The first-order valence-corrected chi connectivity index (χ1v) is 7.27. The molecule has 106 valence electrons. The Morgan fingerprint density at radius 2 is 2.00 bits per heavy atom. The van der Waals surface area contributed by atoms with Gasteiger partial charge in [-0.3, -0.25) is 0 Å². The zero-order chi connectivity index (χ0) is 14.0. The summed E-state index contributed by atoms with van der Waals surface area (Å²) in [6.07, 6.45) is 3.29.